The minimum Gasteiger partial charge on any atom is -0.483 e. The first-order valence-electron chi connectivity index (χ1n) is 1.91. The number of rotatable bonds is 0. The van der Waals surface area contributed by atoms with Gasteiger partial charge in [-0.2, -0.15) is 0 Å². The molecule has 0 saturated carbocycles. The van der Waals surface area contributed by atoms with Gasteiger partial charge in [0.05, 0.1) is 0 Å². The van der Waals surface area contributed by atoms with Gasteiger partial charge in [-0.05, 0) is 13.8 Å². The van der Waals surface area contributed by atoms with Gasteiger partial charge in [-0.1, -0.05) is 0 Å². The van der Waals surface area contributed by atoms with Crippen LogP contribution in [0.15, 0.2) is 0 Å². The van der Waals surface area contributed by atoms with E-state index in [9.17, 15) is 0 Å². The average molecular weight is 124 g/mol. The van der Waals surface area contributed by atoms with Crippen LogP contribution in [0, 0.1) is 0 Å². The van der Waals surface area contributed by atoms with E-state index in [4.69, 9.17) is 15.0 Å². The minimum atomic E-state index is -0.250. The van der Waals surface area contributed by atoms with E-state index in [0.29, 0.717) is 0 Å². The molecule has 4 N–H and O–H groups in total. The van der Waals surface area contributed by atoms with Crippen LogP contribution in [0.2, 0.25) is 0 Å². The molecule has 0 fully saturated rings. The summed E-state index contributed by atoms with van der Waals surface area (Å²) in [6, 6.07) is 0. The lowest BCUT2D eigenvalue weighted by molar-refractivity contribution is -0.122. The molecule has 4 nitrogen and oxygen atoms in total. The molecule has 0 saturated heterocycles. The molecule has 0 aromatic heterocycles. The number of hydrogen-bond donors (Lipinski definition) is 2. The molecule has 0 atom stereocenters. The van der Waals surface area contributed by atoms with Gasteiger partial charge in [0.15, 0.2) is 0 Å². The molecule has 0 aromatic rings. The third-order valence-electron chi connectivity index (χ3n) is 0. The molecule has 0 bridgehead atoms. The summed E-state index contributed by atoms with van der Waals surface area (Å²) in [6.07, 6.45) is -0.167. The first-order chi connectivity index (χ1) is 3.15. The summed E-state index contributed by atoms with van der Waals surface area (Å²) in [5, 5.41) is 14.9. The van der Waals surface area contributed by atoms with Gasteiger partial charge in [0.25, 0.3) is 6.47 Å². The van der Waals surface area contributed by atoms with Crippen LogP contribution in [0.1, 0.15) is 13.8 Å². The fourth-order valence-electron chi connectivity index (χ4n) is 0. The zero-order valence-corrected chi connectivity index (χ0v) is 4.96. The monoisotopic (exact) mass is 124 g/mol. The highest BCUT2D eigenvalue weighted by molar-refractivity contribution is 5.32. The second kappa shape index (κ2) is 16.2. The Morgan fingerprint density at radius 3 is 1.50 bits per heavy atom. The van der Waals surface area contributed by atoms with E-state index >= 15 is 0 Å². The van der Waals surface area contributed by atoms with Gasteiger partial charge in [-0.25, -0.2) is 0 Å². The maximum absolute atomic E-state index is 8.36. The molecule has 0 aromatic carbocycles. The predicted octanol–water partition coefficient (Wildman–Crippen LogP) is -0.737. The maximum atomic E-state index is 8.36. The van der Waals surface area contributed by atoms with Crippen LogP contribution in [-0.4, -0.2) is 28.3 Å². The first kappa shape index (κ1) is 15.7. The quantitative estimate of drug-likeness (QED) is 0.417. The summed E-state index contributed by atoms with van der Waals surface area (Å²) in [5.41, 5.74) is 0. The van der Waals surface area contributed by atoms with Gasteiger partial charge in [0, 0.05) is 6.10 Å². The highest BCUT2D eigenvalue weighted by Crippen LogP contribution is 1.65. The number of carbonyl (C=O) groups is 1. The van der Waals surface area contributed by atoms with Crippen molar-refractivity contribution in [2.45, 2.75) is 20.0 Å². The molecule has 4 heteroatoms. The van der Waals surface area contributed by atoms with Crippen LogP contribution in [0.5, 0.6) is 0 Å². The second-order valence-electron chi connectivity index (χ2n) is 1.20. The number of carboxylic acid groups (broad SMARTS) is 1. The molecular formula is C4H12O4. The van der Waals surface area contributed by atoms with Crippen LogP contribution >= 0.6 is 0 Å². The van der Waals surface area contributed by atoms with Gasteiger partial charge < -0.3 is 15.7 Å². The van der Waals surface area contributed by atoms with E-state index in [1.807, 2.05) is 0 Å². The van der Waals surface area contributed by atoms with Crippen LogP contribution in [0.4, 0.5) is 0 Å². The first-order valence-corrected chi connectivity index (χ1v) is 1.91. The zero-order chi connectivity index (χ0) is 6.28. The van der Waals surface area contributed by atoms with E-state index < -0.39 is 0 Å². The van der Waals surface area contributed by atoms with Crippen molar-refractivity contribution in [2.24, 2.45) is 0 Å². The molecule has 0 amide bonds. The average Bonchev–Trinajstić information content (AvgIpc) is 1.33. The van der Waals surface area contributed by atoms with Crippen molar-refractivity contribution < 1.29 is 20.5 Å². The Morgan fingerprint density at radius 1 is 1.50 bits per heavy atom. The molecule has 0 spiro atoms. The van der Waals surface area contributed by atoms with Crippen molar-refractivity contribution in [3.05, 3.63) is 0 Å². The minimum absolute atomic E-state index is 0. The number of aliphatic hydroxyl groups excluding tert-OH is 1. The summed E-state index contributed by atoms with van der Waals surface area (Å²) in [4.78, 5) is 8.36. The van der Waals surface area contributed by atoms with E-state index in [1.165, 1.54) is 0 Å². The van der Waals surface area contributed by atoms with Crippen molar-refractivity contribution in [3.63, 3.8) is 0 Å². The van der Waals surface area contributed by atoms with E-state index in [-0.39, 0.29) is 18.1 Å². The SMILES string of the molecule is CC(C)O.O.O=CO. The molecular weight excluding hydrogens is 112 g/mol. The molecule has 8 heavy (non-hydrogen) atoms. The lowest BCUT2D eigenvalue weighted by Gasteiger charge is -1.80. The molecule has 0 aliphatic rings. The van der Waals surface area contributed by atoms with Crippen molar-refractivity contribution in [1.82, 2.24) is 0 Å². The summed E-state index contributed by atoms with van der Waals surface area (Å²) < 4.78 is 0. The largest absolute Gasteiger partial charge is 0.483 e. The predicted molar refractivity (Wildman–Crippen MR) is 29.7 cm³/mol. The Hall–Kier alpha value is -0.610. The third-order valence-corrected chi connectivity index (χ3v) is 0. The summed E-state index contributed by atoms with van der Waals surface area (Å²) in [6.45, 7) is 3.19. The Labute approximate surface area is 48.1 Å². The van der Waals surface area contributed by atoms with Crippen LogP contribution < -0.4 is 0 Å². The Morgan fingerprint density at radius 2 is 1.50 bits per heavy atom. The van der Waals surface area contributed by atoms with Crippen molar-refractivity contribution in [3.8, 4) is 0 Å². The highest BCUT2D eigenvalue weighted by Gasteiger charge is 1.69. The number of aliphatic hydroxyl groups is 1. The lowest BCUT2D eigenvalue weighted by atomic mass is 10.5. The summed E-state index contributed by atoms with van der Waals surface area (Å²) >= 11 is 0. The van der Waals surface area contributed by atoms with Gasteiger partial charge in [0.1, 0.15) is 0 Å². The highest BCUT2D eigenvalue weighted by atomic mass is 16.3. The van der Waals surface area contributed by atoms with Crippen molar-refractivity contribution in [2.75, 3.05) is 0 Å². The molecule has 0 rings (SSSR count). The van der Waals surface area contributed by atoms with Gasteiger partial charge >= 0.3 is 0 Å². The molecule has 0 heterocycles. The molecule has 52 valence electrons. The van der Waals surface area contributed by atoms with Gasteiger partial charge in [0.2, 0.25) is 0 Å². The lowest BCUT2D eigenvalue weighted by Crippen LogP contribution is -1.85. The van der Waals surface area contributed by atoms with Crippen LogP contribution in [0.25, 0.3) is 0 Å². The Kier molecular flexibility index (Phi) is 31.6. The van der Waals surface area contributed by atoms with Gasteiger partial charge in [-0.3, -0.25) is 4.79 Å². The van der Waals surface area contributed by atoms with Crippen LogP contribution in [0.3, 0.4) is 0 Å². The van der Waals surface area contributed by atoms with Gasteiger partial charge in [-0.15, -0.1) is 0 Å². The zero-order valence-electron chi connectivity index (χ0n) is 4.96. The topological polar surface area (TPSA) is 89.0 Å². The number of hydrogen-bond acceptors (Lipinski definition) is 2. The second-order valence-corrected chi connectivity index (χ2v) is 1.20. The van der Waals surface area contributed by atoms with E-state index in [1.54, 1.807) is 13.8 Å². The van der Waals surface area contributed by atoms with Crippen LogP contribution in [-0.2, 0) is 4.79 Å². The Balaban J connectivity index is -0.0000000575. The molecule has 0 unspecified atom stereocenters. The van der Waals surface area contributed by atoms with Crippen molar-refractivity contribution in [1.29, 1.82) is 0 Å². The maximum Gasteiger partial charge on any atom is 0.290 e. The molecule has 0 aliphatic heterocycles. The third kappa shape index (κ3) is 279. The molecule has 0 aliphatic carbocycles. The van der Waals surface area contributed by atoms with Crippen molar-refractivity contribution >= 4 is 6.47 Å². The normalized spacial score (nSPS) is 6.00. The standard InChI is InChI=1S/C3H8O.CH2O2.H2O/c1-3(2)4;2-1-3;/h3-4H,1-2H3;1H,(H,2,3);1H2. The van der Waals surface area contributed by atoms with E-state index in [2.05, 4.69) is 0 Å². The summed E-state index contributed by atoms with van der Waals surface area (Å²) in [7, 11) is 0. The molecule has 0 radical (unpaired) electrons. The van der Waals surface area contributed by atoms with E-state index in [0.717, 1.165) is 0 Å². The summed E-state index contributed by atoms with van der Waals surface area (Å²) in [5.74, 6) is 0. The fourth-order valence-corrected chi connectivity index (χ4v) is 0. The smallest absolute Gasteiger partial charge is 0.290 e. The fraction of sp³-hybridized carbons (Fsp3) is 0.750. The Bertz CT molecular complexity index is 32.3.